The molecule has 0 saturated heterocycles. The van der Waals surface area contributed by atoms with Gasteiger partial charge in [-0.25, -0.2) is 9.74 Å². The summed E-state index contributed by atoms with van der Waals surface area (Å²) in [7, 11) is -1.82. The highest BCUT2D eigenvalue weighted by atomic mass is 19.3. The summed E-state index contributed by atoms with van der Waals surface area (Å²) in [6.07, 6.45) is 0. The largest absolute Gasteiger partial charge is 0.489 e. The molecule has 0 radical (unpaired) electrons. The maximum Gasteiger partial charge on any atom is 0.489 e. The van der Waals surface area contributed by atoms with E-state index >= 15 is 0 Å². The zero-order chi connectivity index (χ0) is 9.84. The van der Waals surface area contributed by atoms with Crippen molar-refractivity contribution in [2.75, 3.05) is 0 Å². The molecule has 13 heavy (non-hydrogen) atoms. The summed E-state index contributed by atoms with van der Waals surface area (Å²) in [6, 6.07) is 5.47. The van der Waals surface area contributed by atoms with Crippen molar-refractivity contribution in [3.8, 4) is 0 Å². The van der Waals surface area contributed by atoms with Crippen LogP contribution < -0.4 is 5.46 Å². The topological polar surface area (TPSA) is 66.8 Å². The van der Waals surface area contributed by atoms with Crippen LogP contribution in [0.3, 0.4) is 0 Å². The highest BCUT2D eigenvalue weighted by molar-refractivity contribution is 6.60. The quantitative estimate of drug-likeness (QED) is 0.602. The van der Waals surface area contributed by atoms with Gasteiger partial charge in [-0.2, -0.15) is 0 Å². The number of rotatable bonds is 2. The van der Waals surface area contributed by atoms with Crippen molar-refractivity contribution in [2.45, 2.75) is 0 Å². The molecule has 6 heteroatoms. The molecule has 0 fully saturated rings. The lowest BCUT2D eigenvalue weighted by Gasteiger charge is -2.03. The third kappa shape index (κ3) is 2.04. The molecule has 68 valence electrons. The number of carbonyl (C=O) groups excluding carboxylic acids is 1. The minimum atomic E-state index is -1.82. The maximum absolute atomic E-state index is 11.5. The van der Waals surface area contributed by atoms with Crippen molar-refractivity contribution in [1.82, 2.24) is 0 Å². The van der Waals surface area contributed by atoms with Gasteiger partial charge >= 0.3 is 13.1 Å². The number of benzene rings is 1. The molecule has 0 bridgehead atoms. The van der Waals surface area contributed by atoms with E-state index in [1.54, 1.807) is 0 Å². The van der Waals surface area contributed by atoms with Crippen LogP contribution in [-0.2, 0) is 4.94 Å². The molecule has 1 aromatic carbocycles. The first kappa shape index (κ1) is 9.69. The van der Waals surface area contributed by atoms with E-state index in [2.05, 4.69) is 4.94 Å². The van der Waals surface area contributed by atoms with Gasteiger partial charge in [0.15, 0.2) is 0 Å². The second-order valence-corrected chi connectivity index (χ2v) is 2.33. The lowest BCUT2D eigenvalue weighted by Crippen LogP contribution is -2.34. The fourth-order valence-electron chi connectivity index (χ4n) is 0.950. The van der Waals surface area contributed by atoms with Crippen molar-refractivity contribution in [2.24, 2.45) is 0 Å². The Hall–Kier alpha value is -1.40. The van der Waals surface area contributed by atoms with Gasteiger partial charge in [0.1, 0.15) is 0 Å². The first-order valence-electron chi connectivity index (χ1n) is 3.44. The van der Waals surface area contributed by atoms with Crippen molar-refractivity contribution in [1.29, 1.82) is 0 Å². The van der Waals surface area contributed by atoms with Crippen LogP contribution in [0.4, 0.5) is 4.53 Å². The van der Waals surface area contributed by atoms with E-state index in [4.69, 9.17) is 10.0 Å². The molecule has 1 rings (SSSR count). The van der Waals surface area contributed by atoms with E-state index in [1.807, 2.05) is 0 Å². The lowest BCUT2D eigenvalue weighted by atomic mass is 9.77. The normalized spacial score (nSPS) is 9.46. The first-order valence-corrected chi connectivity index (χ1v) is 3.44. The predicted octanol–water partition coefficient (Wildman–Crippen LogP) is -0.592. The Kier molecular flexibility index (Phi) is 3.00. The number of carbonyl (C=O) groups is 1. The van der Waals surface area contributed by atoms with E-state index < -0.39 is 13.1 Å². The molecular formula is C7H6BFO4. The van der Waals surface area contributed by atoms with Crippen molar-refractivity contribution < 1.29 is 24.3 Å². The Morgan fingerprint density at radius 2 is 2.00 bits per heavy atom. The Balaban J connectivity index is 3.12. The van der Waals surface area contributed by atoms with E-state index in [0.29, 0.717) is 0 Å². The third-order valence-electron chi connectivity index (χ3n) is 1.53. The fraction of sp³-hybridized carbons (Fsp3) is 0. The summed E-state index contributed by atoms with van der Waals surface area (Å²) >= 11 is 0. The minimum Gasteiger partial charge on any atom is -0.423 e. The van der Waals surface area contributed by atoms with Gasteiger partial charge in [-0.05, 0) is 11.5 Å². The zero-order valence-electron chi connectivity index (χ0n) is 6.48. The van der Waals surface area contributed by atoms with Crippen LogP contribution >= 0.6 is 0 Å². The second-order valence-electron chi connectivity index (χ2n) is 2.33. The Morgan fingerprint density at radius 1 is 1.38 bits per heavy atom. The molecule has 0 atom stereocenters. The van der Waals surface area contributed by atoms with E-state index in [1.165, 1.54) is 24.3 Å². The van der Waals surface area contributed by atoms with Crippen LogP contribution in [0.5, 0.6) is 0 Å². The summed E-state index contributed by atoms with van der Waals surface area (Å²) in [5.74, 6) is -1.25. The molecular weight excluding hydrogens is 178 g/mol. The van der Waals surface area contributed by atoms with Crippen molar-refractivity contribution in [3.63, 3.8) is 0 Å². The summed E-state index contributed by atoms with van der Waals surface area (Å²) in [5.41, 5.74) is -0.301. The van der Waals surface area contributed by atoms with Gasteiger partial charge in [0.2, 0.25) is 0 Å². The molecule has 0 amide bonds. The minimum absolute atomic E-state index is 0.0925. The molecule has 0 aromatic heterocycles. The van der Waals surface area contributed by atoms with Gasteiger partial charge in [-0.15, -0.1) is 0 Å². The molecule has 0 heterocycles. The maximum atomic E-state index is 11.5. The van der Waals surface area contributed by atoms with Crippen LogP contribution in [0.2, 0.25) is 0 Å². The Bertz CT molecular complexity index is 315. The van der Waals surface area contributed by atoms with Crippen LogP contribution in [0.25, 0.3) is 0 Å². The Morgan fingerprint density at radius 3 is 2.54 bits per heavy atom. The second kappa shape index (κ2) is 4.02. The first-order chi connectivity index (χ1) is 6.16. The average Bonchev–Trinajstić information content (AvgIpc) is 2.16. The molecule has 2 N–H and O–H groups in total. The van der Waals surface area contributed by atoms with Crippen molar-refractivity contribution in [3.05, 3.63) is 29.8 Å². The molecule has 0 unspecified atom stereocenters. The zero-order valence-corrected chi connectivity index (χ0v) is 6.48. The van der Waals surface area contributed by atoms with Crippen LogP contribution in [0.15, 0.2) is 24.3 Å². The highest BCUT2D eigenvalue weighted by Crippen LogP contribution is 1.99. The van der Waals surface area contributed by atoms with Crippen LogP contribution in [0.1, 0.15) is 10.4 Å². The van der Waals surface area contributed by atoms with Gasteiger partial charge < -0.3 is 10.0 Å². The third-order valence-corrected chi connectivity index (χ3v) is 1.53. The van der Waals surface area contributed by atoms with Crippen molar-refractivity contribution >= 4 is 18.6 Å². The number of hydrogen-bond acceptors (Lipinski definition) is 4. The molecule has 0 aliphatic heterocycles. The van der Waals surface area contributed by atoms with E-state index in [9.17, 15) is 9.32 Å². The van der Waals surface area contributed by atoms with Gasteiger partial charge in [0, 0.05) is 4.53 Å². The molecule has 0 saturated carbocycles. The standard InChI is InChI=1S/C7H6BFO4/c9-13-7(10)5-3-1-2-4-6(5)8(11)12/h1-4,11-12H. The summed E-state index contributed by atoms with van der Waals surface area (Å²) in [4.78, 5) is 13.7. The molecule has 0 spiro atoms. The van der Waals surface area contributed by atoms with E-state index in [0.717, 1.165) is 0 Å². The summed E-state index contributed by atoms with van der Waals surface area (Å²) in [6.45, 7) is 0. The van der Waals surface area contributed by atoms with E-state index in [-0.39, 0.29) is 11.0 Å². The van der Waals surface area contributed by atoms with Crippen LogP contribution in [0, 0.1) is 0 Å². The smallest absolute Gasteiger partial charge is 0.423 e. The molecule has 4 nitrogen and oxygen atoms in total. The molecule has 0 aliphatic carbocycles. The lowest BCUT2D eigenvalue weighted by molar-refractivity contribution is -0.0787. The summed E-state index contributed by atoms with van der Waals surface area (Å²) < 4.78 is 11.5. The average molecular weight is 184 g/mol. The molecule has 0 aliphatic rings. The van der Waals surface area contributed by atoms with Gasteiger partial charge in [0.25, 0.3) is 0 Å². The van der Waals surface area contributed by atoms with Gasteiger partial charge in [0.05, 0.1) is 5.56 Å². The summed E-state index contributed by atoms with van der Waals surface area (Å²) in [5, 5.41) is 17.5. The fourth-order valence-corrected chi connectivity index (χ4v) is 0.950. The monoisotopic (exact) mass is 184 g/mol. The van der Waals surface area contributed by atoms with Gasteiger partial charge in [-0.3, -0.25) is 0 Å². The number of hydrogen-bond donors (Lipinski definition) is 2. The number of halogens is 1. The van der Waals surface area contributed by atoms with Gasteiger partial charge in [-0.1, -0.05) is 18.2 Å². The Labute approximate surface area is 73.6 Å². The predicted molar refractivity (Wildman–Crippen MR) is 42.8 cm³/mol. The SMILES string of the molecule is O=C(OF)c1ccccc1B(O)O. The highest BCUT2D eigenvalue weighted by Gasteiger charge is 2.20. The van der Waals surface area contributed by atoms with Crippen LogP contribution in [-0.4, -0.2) is 23.1 Å². The molecule has 1 aromatic rings.